The molecular formula is C9H18ClN3O4. The van der Waals surface area contributed by atoms with Gasteiger partial charge in [0, 0.05) is 25.2 Å². The molecule has 1 rings (SSSR count). The summed E-state index contributed by atoms with van der Waals surface area (Å²) in [6.07, 6.45) is -0.990. The van der Waals surface area contributed by atoms with E-state index in [2.05, 4.69) is 5.32 Å². The molecule has 1 heterocycles. The van der Waals surface area contributed by atoms with E-state index < -0.39 is 6.09 Å². The zero-order valence-electron chi connectivity index (χ0n) is 9.59. The van der Waals surface area contributed by atoms with Crippen molar-refractivity contribution >= 4 is 24.5 Å². The number of rotatable bonds is 4. The van der Waals surface area contributed by atoms with Gasteiger partial charge in [-0.1, -0.05) is 0 Å². The number of halogens is 1. The van der Waals surface area contributed by atoms with Gasteiger partial charge in [-0.2, -0.15) is 0 Å². The number of nitrogens with zero attached hydrogens (tertiary/aromatic N) is 1. The van der Waals surface area contributed by atoms with Crippen molar-refractivity contribution < 1.29 is 19.4 Å². The molecule has 1 aliphatic rings. The van der Waals surface area contributed by atoms with Crippen molar-refractivity contribution in [2.75, 3.05) is 26.2 Å². The lowest BCUT2D eigenvalue weighted by Crippen LogP contribution is -2.46. The maximum atomic E-state index is 11.1. The molecule has 1 fully saturated rings. The third-order valence-electron chi connectivity index (χ3n) is 2.45. The molecule has 0 aliphatic carbocycles. The number of amides is 1. The highest BCUT2D eigenvalue weighted by Crippen LogP contribution is 2.08. The highest BCUT2D eigenvalue weighted by Gasteiger charge is 2.32. The number of esters is 1. The van der Waals surface area contributed by atoms with E-state index in [0.29, 0.717) is 13.2 Å². The van der Waals surface area contributed by atoms with Crippen molar-refractivity contribution in [1.82, 2.24) is 10.2 Å². The van der Waals surface area contributed by atoms with Gasteiger partial charge in [0.15, 0.2) is 0 Å². The second kappa shape index (κ2) is 7.31. The molecule has 100 valence electrons. The largest absolute Gasteiger partial charge is 0.465 e. The summed E-state index contributed by atoms with van der Waals surface area (Å²) < 4.78 is 4.74. The Kier molecular flexibility index (Phi) is 6.86. The molecule has 2 atom stereocenters. The lowest BCUT2D eigenvalue weighted by Gasteiger charge is -2.15. The lowest BCUT2D eigenvalue weighted by molar-refractivity contribution is -0.142. The van der Waals surface area contributed by atoms with Gasteiger partial charge in [-0.15, -0.1) is 12.4 Å². The predicted molar refractivity (Wildman–Crippen MR) is 63.2 cm³/mol. The zero-order valence-corrected chi connectivity index (χ0v) is 10.4. The maximum Gasteiger partial charge on any atom is 0.407 e. The van der Waals surface area contributed by atoms with E-state index in [-0.39, 0.29) is 43.5 Å². The molecule has 7 nitrogen and oxygen atoms in total. The van der Waals surface area contributed by atoms with Gasteiger partial charge < -0.3 is 25.8 Å². The SMILES string of the molecule is CCOC(=O)CN[C@H]1CN(C(=O)O)C[C@@H]1N.Cl. The van der Waals surface area contributed by atoms with Crippen LogP contribution < -0.4 is 11.1 Å². The third-order valence-corrected chi connectivity index (χ3v) is 2.45. The van der Waals surface area contributed by atoms with Crippen LogP contribution in [0.4, 0.5) is 4.79 Å². The molecule has 0 aromatic heterocycles. The first kappa shape index (κ1) is 16.0. The minimum Gasteiger partial charge on any atom is -0.465 e. The van der Waals surface area contributed by atoms with Crippen molar-refractivity contribution in [2.45, 2.75) is 19.0 Å². The number of carbonyl (C=O) groups excluding carboxylic acids is 1. The van der Waals surface area contributed by atoms with Gasteiger partial charge in [0.2, 0.25) is 0 Å². The normalized spacial score (nSPS) is 23.1. The average Bonchev–Trinajstić information content (AvgIpc) is 2.58. The first-order chi connectivity index (χ1) is 7.54. The fourth-order valence-corrected chi connectivity index (χ4v) is 1.63. The van der Waals surface area contributed by atoms with E-state index in [4.69, 9.17) is 15.6 Å². The maximum absolute atomic E-state index is 11.1. The van der Waals surface area contributed by atoms with E-state index in [0.717, 1.165) is 0 Å². The summed E-state index contributed by atoms with van der Waals surface area (Å²) >= 11 is 0. The molecule has 17 heavy (non-hydrogen) atoms. The van der Waals surface area contributed by atoms with Crippen LogP contribution in [-0.4, -0.2) is 60.4 Å². The number of likely N-dealkylation sites (tertiary alicyclic amines) is 1. The summed E-state index contributed by atoms with van der Waals surface area (Å²) in [5.41, 5.74) is 5.75. The van der Waals surface area contributed by atoms with Crippen LogP contribution in [0, 0.1) is 0 Å². The minimum atomic E-state index is -0.990. The first-order valence-electron chi connectivity index (χ1n) is 5.17. The van der Waals surface area contributed by atoms with Gasteiger partial charge in [0.25, 0.3) is 0 Å². The molecule has 0 aromatic carbocycles. The molecular weight excluding hydrogens is 250 g/mol. The van der Waals surface area contributed by atoms with Crippen LogP contribution in [0.1, 0.15) is 6.92 Å². The van der Waals surface area contributed by atoms with Gasteiger partial charge >= 0.3 is 12.1 Å². The average molecular weight is 268 g/mol. The standard InChI is InChI=1S/C9H17N3O4.ClH/c1-2-16-8(13)3-11-7-5-12(9(14)15)4-6(7)10;/h6-7,11H,2-5,10H2,1H3,(H,14,15);1H/t6-,7-;/m0./s1. The Labute approximate surface area is 106 Å². The van der Waals surface area contributed by atoms with E-state index in [1.54, 1.807) is 6.92 Å². The topological polar surface area (TPSA) is 105 Å². The highest BCUT2D eigenvalue weighted by molar-refractivity contribution is 5.85. The molecule has 0 unspecified atom stereocenters. The monoisotopic (exact) mass is 267 g/mol. The van der Waals surface area contributed by atoms with Gasteiger partial charge in [-0.25, -0.2) is 4.79 Å². The summed E-state index contributed by atoms with van der Waals surface area (Å²) in [5, 5.41) is 11.7. The summed E-state index contributed by atoms with van der Waals surface area (Å²) in [5.74, 6) is -0.358. The molecule has 0 aromatic rings. The van der Waals surface area contributed by atoms with Gasteiger partial charge in [0.1, 0.15) is 0 Å². The zero-order chi connectivity index (χ0) is 12.1. The van der Waals surface area contributed by atoms with E-state index in [9.17, 15) is 9.59 Å². The number of carboxylic acid groups (broad SMARTS) is 1. The quantitative estimate of drug-likeness (QED) is 0.579. The molecule has 4 N–H and O–H groups in total. The molecule has 0 radical (unpaired) electrons. The van der Waals surface area contributed by atoms with E-state index >= 15 is 0 Å². The van der Waals surface area contributed by atoms with Crippen LogP contribution in [0.3, 0.4) is 0 Å². The fourth-order valence-electron chi connectivity index (χ4n) is 1.63. The van der Waals surface area contributed by atoms with Crippen molar-refractivity contribution in [3.8, 4) is 0 Å². The smallest absolute Gasteiger partial charge is 0.407 e. The third kappa shape index (κ3) is 4.76. The second-order valence-electron chi connectivity index (χ2n) is 3.64. The predicted octanol–water partition coefficient (Wildman–Crippen LogP) is -0.750. The molecule has 0 bridgehead atoms. The number of hydrogen-bond donors (Lipinski definition) is 3. The van der Waals surface area contributed by atoms with Crippen LogP contribution in [0.2, 0.25) is 0 Å². The summed E-state index contributed by atoms with van der Waals surface area (Å²) in [7, 11) is 0. The van der Waals surface area contributed by atoms with Gasteiger partial charge in [-0.05, 0) is 6.92 Å². The van der Waals surface area contributed by atoms with Gasteiger partial charge in [0.05, 0.1) is 13.2 Å². The first-order valence-corrected chi connectivity index (χ1v) is 5.17. The van der Waals surface area contributed by atoms with E-state index in [1.165, 1.54) is 4.90 Å². The Hall–Kier alpha value is -1.05. The van der Waals surface area contributed by atoms with Crippen LogP contribution in [0.15, 0.2) is 0 Å². The van der Waals surface area contributed by atoms with Gasteiger partial charge in [-0.3, -0.25) is 4.79 Å². The Morgan fingerprint density at radius 3 is 2.65 bits per heavy atom. The Morgan fingerprint density at radius 1 is 1.53 bits per heavy atom. The number of hydrogen-bond acceptors (Lipinski definition) is 5. The summed E-state index contributed by atoms with van der Waals surface area (Å²) in [4.78, 5) is 23.0. The molecule has 1 amide bonds. The second-order valence-corrected chi connectivity index (χ2v) is 3.64. The number of ether oxygens (including phenoxy) is 1. The Balaban J connectivity index is 0.00000256. The molecule has 1 aliphatic heterocycles. The summed E-state index contributed by atoms with van der Waals surface area (Å²) in [6, 6.07) is -0.481. The minimum absolute atomic E-state index is 0. The number of carbonyl (C=O) groups is 2. The fraction of sp³-hybridized carbons (Fsp3) is 0.778. The molecule has 0 spiro atoms. The molecule has 8 heteroatoms. The lowest BCUT2D eigenvalue weighted by atomic mass is 10.2. The van der Waals surface area contributed by atoms with Crippen LogP contribution in [0.5, 0.6) is 0 Å². The van der Waals surface area contributed by atoms with Crippen molar-refractivity contribution in [2.24, 2.45) is 5.73 Å². The highest BCUT2D eigenvalue weighted by atomic mass is 35.5. The molecule has 0 saturated carbocycles. The van der Waals surface area contributed by atoms with E-state index in [1.807, 2.05) is 0 Å². The Morgan fingerprint density at radius 2 is 2.18 bits per heavy atom. The van der Waals surface area contributed by atoms with Crippen molar-refractivity contribution in [1.29, 1.82) is 0 Å². The molecule has 1 saturated heterocycles. The van der Waals surface area contributed by atoms with Crippen LogP contribution in [-0.2, 0) is 9.53 Å². The summed E-state index contributed by atoms with van der Waals surface area (Å²) in [6.45, 7) is 2.70. The number of nitrogens with one attached hydrogen (secondary N) is 1. The van der Waals surface area contributed by atoms with Crippen molar-refractivity contribution in [3.05, 3.63) is 0 Å². The number of nitrogens with two attached hydrogens (primary N) is 1. The van der Waals surface area contributed by atoms with Crippen LogP contribution >= 0.6 is 12.4 Å². The Bertz CT molecular complexity index is 277. The van der Waals surface area contributed by atoms with Crippen LogP contribution in [0.25, 0.3) is 0 Å². The van der Waals surface area contributed by atoms with Crippen molar-refractivity contribution in [3.63, 3.8) is 0 Å².